The normalized spacial score (nSPS) is 31.0. The van der Waals surface area contributed by atoms with Crippen LogP contribution in [0.5, 0.6) is 0 Å². The molecule has 0 aliphatic carbocycles. The van der Waals surface area contributed by atoms with Crippen LogP contribution >= 0.6 is 23.1 Å². The van der Waals surface area contributed by atoms with Crippen molar-refractivity contribution in [1.82, 2.24) is 31.6 Å². The van der Waals surface area contributed by atoms with E-state index in [1.165, 1.54) is 23.1 Å². The minimum absolute atomic E-state index is 0.0594. The van der Waals surface area contributed by atoms with E-state index in [1.54, 1.807) is 24.6 Å². The Bertz CT molecular complexity index is 1810. The van der Waals surface area contributed by atoms with Crippen molar-refractivity contribution in [2.75, 3.05) is 0 Å². The SMILES string of the molecule is CCC(C)[C@@H]1NC(=O)C2=CSC(N2)[C@@H](C)NC(=O)[C@H]2N=C(O[C@@H]2C)[C@H](CC(C)C)NC(=O)c2csc(n2)[C@@H](Cc2ccccc2)NC(=O)[C@H]2N=C1O[C@@H]2C. The molecule has 0 saturated heterocycles. The van der Waals surface area contributed by atoms with E-state index in [9.17, 15) is 19.2 Å². The predicted molar refractivity (Wildman–Crippen MR) is 209 cm³/mol. The predicted octanol–water partition coefficient (Wildman–Crippen LogP) is 3.61. The highest BCUT2D eigenvalue weighted by atomic mass is 32.2. The molecule has 6 rings (SSSR count). The molecule has 5 heterocycles. The highest BCUT2D eigenvalue weighted by Gasteiger charge is 2.41. The van der Waals surface area contributed by atoms with Crippen molar-refractivity contribution in [2.45, 2.75) is 122 Å². The summed E-state index contributed by atoms with van der Waals surface area (Å²) in [6, 6.07) is 5.87. The fourth-order valence-corrected chi connectivity index (χ4v) is 8.53. The molecule has 4 aliphatic heterocycles. The van der Waals surface area contributed by atoms with Crippen LogP contribution in [0.4, 0.5) is 0 Å². The number of nitrogens with zero attached hydrogens (tertiary/aromatic N) is 3. The highest BCUT2D eigenvalue weighted by molar-refractivity contribution is 8.03. The molecule has 10 atom stereocenters. The maximum Gasteiger partial charge on any atom is 0.271 e. The molecule has 0 spiro atoms. The second-order valence-corrected chi connectivity index (χ2v) is 16.7. The lowest BCUT2D eigenvalue weighted by Crippen LogP contribution is -2.51. The maximum absolute atomic E-state index is 14.0. The van der Waals surface area contributed by atoms with Gasteiger partial charge in [0.2, 0.25) is 23.6 Å². The van der Waals surface area contributed by atoms with E-state index in [0.717, 1.165) is 12.0 Å². The number of amides is 4. The van der Waals surface area contributed by atoms with Gasteiger partial charge in [0.15, 0.2) is 12.1 Å². The monoisotopic (exact) mass is 778 g/mol. The smallest absolute Gasteiger partial charge is 0.271 e. The van der Waals surface area contributed by atoms with Gasteiger partial charge in [0.25, 0.3) is 11.8 Å². The zero-order valence-electron chi connectivity index (χ0n) is 31.6. The quantitative estimate of drug-likeness (QED) is 0.293. The third-order valence-electron chi connectivity index (χ3n) is 10.00. The molecule has 5 N–H and O–H groups in total. The summed E-state index contributed by atoms with van der Waals surface area (Å²) in [6.07, 6.45) is 0.504. The number of ether oxygens (including phenoxy) is 2. The van der Waals surface area contributed by atoms with E-state index in [1.807, 2.05) is 65.0 Å². The molecular formula is C38H50N8O6S2. The number of thiazole rings is 1. The molecule has 290 valence electrons. The second kappa shape index (κ2) is 16.9. The van der Waals surface area contributed by atoms with Gasteiger partial charge >= 0.3 is 0 Å². The van der Waals surface area contributed by atoms with Crippen LogP contribution in [0.1, 0.15) is 88.4 Å². The topological polar surface area (TPSA) is 184 Å². The Balaban J connectivity index is 1.35. The Kier molecular flexibility index (Phi) is 12.3. The zero-order chi connectivity index (χ0) is 38.7. The first-order valence-corrected chi connectivity index (χ1v) is 20.5. The molecule has 1 aromatic carbocycles. The number of carbonyl (C=O) groups is 4. The van der Waals surface area contributed by atoms with Gasteiger partial charge in [0.1, 0.15) is 40.7 Å². The fourth-order valence-electron chi connectivity index (χ4n) is 6.72. The Labute approximate surface area is 324 Å². The molecular weight excluding hydrogens is 729 g/mol. The van der Waals surface area contributed by atoms with E-state index in [0.29, 0.717) is 29.4 Å². The minimum Gasteiger partial charge on any atom is -0.474 e. The number of aromatic nitrogens is 1. The molecule has 0 radical (unpaired) electrons. The molecule has 4 aliphatic rings. The van der Waals surface area contributed by atoms with E-state index >= 15 is 0 Å². The van der Waals surface area contributed by atoms with Crippen LogP contribution in [0.25, 0.3) is 0 Å². The molecule has 2 unspecified atom stereocenters. The first-order chi connectivity index (χ1) is 25.8. The number of aliphatic imine (C=N–C) groups is 2. The molecule has 8 bridgehead atoms. The van der Waals surface area contributed by atoms with Crippen molar-refractivity contribution in [2.24, 2.45) is 21.8 Å². The fraction of sp³-hybridized carbons (Fsp3) is 0.553. The molecule has 14 nitrogen and oxygen atoms in total. The van der Waals surface area contributed by atoms with Crippen LogP contribution in [0.2, 0.25) is 0 Å². The van der Waals surface area contributed by atoms with Crippen LogP contribution in [0, 0.1) is 11.8 Å². The van der Waals surface area contributed by atoms with Crippen molar-refractivity contribution >= 4 is 58.5 Å². The second-order valence-electron chi connectivity index (χ2n) is 14.8. The summed E-state index contributed by atoms with van der Waals surface area (Å²) in [4.78, 5) is 69.2. The van der Waals surface area contributed by atoms with Crippen molar-refractivity contribution in [3.63, 3.8) is 0 Å². The number of hydrogen-bond donors (Lipinski definition) is 5. The number of nitrogens with one attached hydrogen (secondary N) is 5. The Hall–Kier alpha value is -4.44. The van der Waals surface area contributed by atoms with Gasteiger partial charge in [0.05, 0.1) is 17.5 Å². The Morgan fingerprint density at radius 1 is 0.796 bits per heavy atom. The number of thioether (sulfide) groups is 1. The molecule has 0 saturated carbocycles. The molecule has 4 amide bonds. The molecule has 1 aromatic heterocycles. The molecule has 0 fully saturated rings. The van der Waals surface area contributed by atoms with Gasteiger partial charge in [-0.2, -0.15) is 0 Å². The van der Waals surface area contributed by atoms with E-state index in [2.05, 4.69) is 31.6 Å². The lowest BCUT2D eigenvalue weighted by atomic mass is 9.98. The maximum atomic E-state index is 14.0. The summed E-state index contributed by atoms with van der Waals surface area (Å²) < 4.78 is 12.3. The van der Waals surface area contributed by atoms with Crippen molar-refractivity contribution in [3.8, 4) is 0 Å². The van der Waals surface area contributed by atoms with Gasteiger partial charge in [0, 0.05) is 10.8 Å². The highest BCUT2D eigenvalue weighted by Crippen LogP contribution is 2.28. The number of rotatable bonds is 6. The minimum atomic E-state index is -0.876. The first-order valence-electron chi connectivity index (χ1n) is 18.6. The molecule has 2 aromatic rings. The van der Waals surface area contributed by atoms with Gasteiger partial charge in [-0.1, -0.05) is 64.4 Å². The number of benzene rings is 1. The van der Waals surface area contributed by atoms with Crippen molar-refractivity contribution < 1.29 is 28.7 Å². The number of carbonyl (C=O) groups excluding carboxylic acids is 4. The average Bonchev–Trinajstić information content (AvgIpc) is 3.96. The van der Waals surface area contributed by atoms with E-state index in [4.69, 9.17) is 19.5 Å². The summed E-state index contributed by atoms with van der Waals surface area (Å²) >= 11 is 2.67. The summed E-state index contributed by atoms with van der Waals surface area (Å²) in [6.45, 7) is 13.5. The first kappa shape index (κ1) is 39.3. The van der Waals surface area contributed by atoms with Gasteiger partial charge < -0.3 is 36.1 Å². The number of hydrogen-bond acceptors (Lipinski definition) is 12. The summed E-state index contributed by atoms with van der Waals surface area (Å²) in [5.74, 6) is -0.741. The average molecular weight is 779 g/mol. The van der Waals surface area contributed by atoms with Gasteiger partial charge in [-0.05, 0) is 51.0 Å². The van der Waals surface area contributed by atoms with Crippen LogP contribution in [-0.2, 0) is 30.3 Å². The Morgan fingerprint density at radius 3 is 2.15 bits per heavy atom. The summed E-state index contributed by atoms with van der Waals surface area (Å²) in [5, 5.41) is 19.2. The lowest BCUT2D eigenvalue weighted by molar-refractivity contribution is -0.125. The third kappa shape index (κ3) is 8.91. The van der Waals surface area contributed by atoms with Crippen LogP contribution < -0.4 is 26.6 Å². The summed E-state index contributed by atoms with van der Waals surface area (Å²) in [5.41, 5.74) is 1.52. The number of fused-ring (bicyclic) bond motifs is 6. The Morgan fingerprint density at radius 2 is 1.46 bits per heavy atom. The lowest BCUT2D eigenvalue weighted by Gasteiger charge is -2.26. The van der Waals surface area contributed by atoms with Gasteiger partial charge in [-0.25, -0.2) is 15.0 Å². The van der Waals surface area contributed by atoms with Crippen LogP contribution in [-0.4, -0.2) is 88.2 Å². The summed E-state index contributed by atoms with van der Waals surface area (Å²) in [7, 11) is 0. The third-order valence-corrected chi connectivity index (χ3v) is 12.1. The molecule has 16 heteroatoms. The largest absolute Gasteiger partial charge is 0.474 e. The molecule has 54 heavy (non-hydrogen) atoms. The zero-order valence-corrected chi connectivity index (χ0v) is 33.3. The standard InChI is InChI=1S/C38H50N8O6S2/c1-8-19(4)28-36-46-30(22(7)52-36)34(50)41-25(15-23-12-10-9-11-13-23)38-43-26(17-54-38)31(47)40-24(14-18(2)3)35-45-29(21(6)51-35)33(49)39-20(5)37-42-27(16-53-37)32(48)44-28/h9-13,16-22,24-25,28-30,37,42H,8,14-15H2,1-7H3,(H,39,49)(H,40,47)(H,41,50)(H,44,48)/t19?,20-,21-,22-,24+,25-,28+,29+,30+,37?/m1/s1. The van der Waals surface area contributed by atoms with Crippen LogP contribution in [0.3, 0.4) is 0 Å². The van der Waals surface area contributed by atoms with Gasteiger partial charge in [-0.3, -0.25) is 19.2 Å². The van der Waals surface area contributed by atoms with Gasteiger partial charge in [-0.15, -0.1) is 23.1 Å². The van der Waals surface area contributed by atoms with E-state index < -0.39 is 48.3 Å². The van der Waals surface area contributed by atoms with Crippen LogP contribution in [0.15, 0.2) is 56.8 Å². The van der Waals surface area contributed by atoms with Crippen molar-refractivity contribution in [3.05, 3.63) is 63.1 Å². The van der Waals surface area contributed by atoms with Crippen molar-refractivity contribution in [1.29, 1.82) is 0 Å². The van der Waals surface area contributed by atoms with E-state index in [-0.39, 0.29) is 52.6 Å².